The van der Waals surface area contributed by atoms with E-state index >= 15 is 0 Å². The molecule has 7 nitrogen and oxygen atoms in total. The molecule has 0 bridgehead atoms. The minimum atomic E-state index is -0.0592. The molecule has 0 spiro atoms. The molecule has 2 amide bonds. The Labute approximate surface area is 227 Å². The van der Waals surface area contributed by atoms with Crippen LogP contribution in [0.5, 0.6) is 5.75 Å². The first-order valence-corrected chi connectivity index (χ1v) is 13.8. The summed E-state index contributed by atoms with van der Waals surface area (Å²) in [6.07, 6.45) is 8.61. The quantitative estimate of drug-likeness (QED) is 0.235. The lowest BCUT2D eigenvalue weighted by Crippen LogP contribution is -2.44. The molecule has 0 saturated carbocycles. The van der Waals surface area contributed by atoms with E-state index in [-0.39, 0.29) is 18.4 Å². The van der Waals surface area contributed by atoms with Crippen LogP contribution in [-0.4, -0.2) is 67.1 Å². The summed E-state index contributed by atoms with van der Waals surface area (Å²) in [6.45, 7) is 4.07. The molecule has 7 heteroatoms. The SMILES string of the molecule is CCCCCCCC(=O)N(CCOC)CC(=O)N(CCc1c[nH]c2ccccc12)Cc1ccc(OC)cc1. The van der Waals surface area contributed by atoms with Gasteiger partial charge in [-0.2, -0.15) is 0 Å². The largest absolute Gasteiger partial charge is 0.497 e. The number of unbranched alkanes of at least 4 members (excludes halogenated alkanes) is 4. The maximum absolute atomic E-state index is 13.6. The Bertz CT molecular complexity index is 1130. The van der Waals surface area contributed by atoms with Gasteiger partial charge in [0.2, 0.25) is 11.8 Å². The highest BCUT2D eigenvalue weighted by molar-refractivity contribution is 5.85. The number of methoxy groups -OCH3 is 2. The van der Waals surface area contributed by atoms with Gasteiger partial charge in [-0.15, -0.1) is 0 Å². The topological polar surface area (TPSA) is 74.9 Å². The maximum Gasteiger partial charge on any atom is 0.242 e. The fraction of sp³-hybridized carbons (Fsp3) is 0.484. The summed E-state index contributed by atoms with van der Waals surface area (Å²) in [6, 6.07) is 16.0. The molecular formula is C31H43N3O4. The second-order valence-corrected chi connectivity index (χ2v) is 9.75. The first kappa shape index (κ1) is 29.2. The van der Waals surface area contributed by atoms with Crippen molar-refractivity contribution in [1.29, 1.82) is 0 Å². The lowest BCUT2D eigenvalue weighted by atomic mass is 10.1. The van der Waals surface area contributed by atoms with Crippen molar-refractivity contribution in [3.8, 4) is 5.75 Å². The van der Waals surface area contributed by atoms with Gasteiger partial charge < -0.3 is 24.3 Å². The van der Waals surface area contributed by atoms with Gasteiger partial charge in [-0.25, -0.2) is 0 Å². The molecule has 38 heavy (non-hydrogen) atoms. The van der Waals surface area contributed by atoms with Crippen LogP contribution in [-0.2, 0) is 27.3 Å². The number of carbonyl (C=O) groups excluding carboxylic acids is 2. The average Bonchev–Trinajstić information content (AvgIpc) is 3.36. The molecule has 1 N–H and O–H groups in total. The number of nitrogens with zero attached hydrogens (tertiary/aromatic N) is 2. The molecule has 0 aliphatic carbocycles. The van der Waals surface area contributed by atoms with Crippen LogP contribution in [0.1, 0.15) is 56.6 Å². The van der Waals surface area contributed by atoms with Gasteiger partial charge in [0.05, 0.1) is 20.3 Å². The van der Waals surface area contributed by atoms with Crippen LogP contribution in [0.3, 0.4) is 0 Å². The highest BCUT2D eigenvalue weighted by Gasteiger charge is 2.22. The van der Waals surface area contributed by atoms with E-state index in [2.05, 4.69) is 24.0 Å². The summed E-state index contributed by atoms with van der Waals surface area (Å²) < 4.78 is 10.5. The van der Waals surface area contributed by atoms with Crippen molar-refractivity contribution in [3.05, 3.63) is 65.9 Å². The first-order chi connectivity index (χ1) is 18.5. The van der Waals surface area contributed by atoms with Crippen molar-refractivity contribution >= 4 is 22.7 Å². The van der Waals surface area contributed by atoms with Gasteiger partial charge in [0.25, 0.3) is 0 Å². The number of H-pyrrole nitrogens is 1. The number of hydrogen-bond donors (Lipinski definition) is 1. The van der Waals surface area contributed by atoms with Gasteiger partial charge in [0, 0.05) is 50.3 Å². The molecule has 0 saturated heterocycles. The summed E-state index contributed by atoms with van der Waals surface area (Å²) in [4.78, 5) is 33.5. The molecule has 2 aromatic carbocycles. The molecular weight excluding hydrogens is 478 g/mol. The Kier molecular flexibility index (Phi) is 12.2. The highest BCUT2D eigenvalue weighted by atomic mass is 16.5. The molecule has 0 fully saturated rings. The van der Waals surface area contributed by atoms with Crippen molar-refractivity contribution < 1.29 is 19.1 Å². The number of amides is 2. The first-order valence-electron chi connectivity index (χ1n) is 13.8. The number of nitrogens with one attached hydrogen (secondary N) is 1. The Hall–Kier alpha value is -3.32. The zero-order chi connectivity index (χ0) is 27.2. The number of ether oxygens (including phenoxy) is 2. The fourth-order valence-electron chi connectivity index (χ4n) is 4.63. The van der Waals surface area contributed by atoms with Crippen LogP contribution >= 0.6 is 0 Å². The van der Waals surface area contributed by atoms with Gasteiger partial charge in [0.15, 0.2) is 0 Å². The Morgan fingerprint density at radius 1 is 0.868 bits per heavy atom. The number of hydrogen-bond acceptors (Lipinski definition) is 4. The predicted octanol–water partition coefficient (Wildman–Crippen LogP) is 5.58. The third kappa shape index (κ3) is 8.91. The van der Waals surface area contributed by atoms with Crippen molar-refractivity contribution in [2.45, 2.75) is 58.4 Å². The van der Waals surface area contributed by atoms with E-state index in [0.29, 0.717) is 32.7 Å². The van der Waals surface area contributed by atoms with Gasteiger partial charge in [-0.05, 0) is 42.2 Å². The molecule has 1 aromatic heterocycles. The molecule has 3 rings (SSSR count). The molecule has 3 aromatic rings. The van der Waals surface area contributed by atoms with E-state index < -0.39 is 0 Å². The minimum absolute atomic E-state index is 0.0212. The predicted molar refractivity (Wildman–Crippen MR) is 152 cm³/mol. The van der Waals surface area contributed by atoms with Crippen molar-refractivity contribution in [2.24, 2.45) is 0 Å². The standard InChI is InChI=1S/C31H43N3O4/c1-4-5-6-7-8-13-30(35)34(20-21-37-2)24-31(36)33(23-25-14-16-27(38-3)17-15-25)19-18-26-22-32-29-12-10-9-11-28(26)29/h9-12,14-17,22,32H,4-8,13,18-21,23-24H2,1-3H3. The summed E-state index contributed by atoms with van der Waals surface area (Å²) >= 11 is 0. The van der Waals surface area contributed by atoms with Gasteiger partial charge in [-0.3, -0.25) is 9.59 Å². The monoisotopic (exact) mass is 521 g/mol. The highest BCUT2D eigenvalue weighted by Crippen LogP contribution is 2.20. The van der Waals surface area contributed by atoms with Crippen LogP contribution in [0, 0.1) is 0 Å². The number of aromatic amines is 1. The number of carbonyl (C=O) groups is 2. The number of aromatic nitrogens is 1. The van der Waals surface area contributed by atoms with Crippen molar-refractivity contribution in [2.75, 3.05) is 40.5 Å². The van der Waals surface area contributed by atoms with Crippen LogP contribution in [0.4, 0.5) is 0 Å². The second kappa shape index (κ2) is 15.8. The second-order valence-electron chi connectivity index (χ2n) is 9.75. The molecule has 206 valence electrons. The van der Waals surface area contributed by atoms with Gasteiger partial charge in [0.1, 0.15) is 5.75 Å². The normalized spacial score (nSPS) is 11.0. The molecule has 0 atom stereocenters. The van der Waals surface area contributed by atoms with E-state index in [4.69, 9.17) is 9.47 Å². The zero-order valence-electron chi connectivity index (χ0n) is 23.2. The number of rotatable bonds is 17. The van der Waals surface area contributed by atoms with E-state index in [1.807, 2.05) is 47.5 Å². The van der Waals surface area contributed by atoms with Crippen molar-refractivity contribution in [3.63, 3.8) is 0 Å². The smallest absolute Gasteiger partial charge is 0.242 e. The van der Waals surface area contributed by atoms with E-state index in [0.717, 1.165) is 42.5 Å². The summed E-state index contributed by atoms with van der Waals surface area (Å²) in [7, 11) is 3.26. The third-order valence-electron chi connectivity index (χ3n) is 6.95. The average molecular weight is 522 g/mol. The van der Waals surface area contributed by atoms with Crippen LogP contribution in [0.2, 0.25) is 0 Å². The Balaban J connectivity index is 1.71. The summed E-state index contributed by atoms with van der Waals surface area (Å²) in [5.74, 6) is 0.740. The lowest BCUT2D eigenvalue weighted by molar-refractivity contribution is -0.141. The lowest BCUT2D eigenvalue weighted by Gasteiger charge is -2.28. The third-order valence-corrected chi connectivity index (χ3v) is 6.95. The van der Waals surface area contributed by atoms with Gasteiger partial charge >= 0.3 is 0 Å². The molecule has 0 aliphatic rings. The van der Waals surface area contributed by atoms with Crippen LogP contribution in [0.25, 0.3) is 10.9 Å². The fourth-order valence-corrected chi connectivity index (χ4v) is 4.63. The van der Waals surface area contributed by atoms with Gasteiger partial charge in [-0.1, -0.05) is 62.9 Å². The van der Waals surface area contributed by atoms with Crippen LogP contribution in [0.15, 0.2) is 54.7 Å². The molecule has 0 aliphatic heterocycles. The minimum Gasteiger partial charge on any atom is -0.497 e. The van der Waals surface area contributed by atoms with E-state index in [1.54, 1.807) is 19.1 Å². The number of para-hydroxylation sites is 1. The van der Waals surface area contributed by atoms with Crippen molar-refractivity contribution in [1.82, 2.24) is 14.8 Å². The summed E-state index contributed by atoms with van der Waals surface area (Å²) in [5.41, 5.74) is 3.28. The molecule has 0 radical (unpaired) electrons. The summed E-state index contributed by atoms with van der Waals surface area (Å²) in [5, 5.41) is 1.17. The van der Waals surface area contributed by atoms with E-state index in [9.17, 15) is 9.59 Å². The molecule has 0 unspecified atom stereocenters. The van der Waals surface area contributed by atoms with Crippen LogP contribution < -0.4 is 4.74 Å². The van der Waals surface area contributed by atoms with E-state index in [1.165, 1.54) is 23.8 Å². The number of fused-ring (bicyclic) bond motifs is 1. The maximum atomic E-state index is 13.6. The molecule has 1 heterocycles. The number of benzene rings is 2. The Morgan fingerprint density at radius 3 is 2.37 bits per heavy atom. The Morgan fingerprint density at radius 2 is 1.63 bits per heavy atom. The zero-order valence-corrected chi connectivity index (χ0v) is 23.2.